The van der Waals surface area contributed by atoms with Crippen LogP contribution in [0.4, 0.5) is 0 Å². The van der Waals surface area contributed by atoms with E-state index in [0.717, 1.165) is 6.92 Å². The molecular formula is C34H39NO12. The second kappa shape index (κ2) is 12.3. The Kier molecular flexibility index (Phi) is 8.93. The van der Waals surface area contributed by atoms with Crippen LogP contribution in [-0.4, -0.2) is 87.8 Å². The number of hydrogen-bond acceptors (Lipinski definition) is 13. The SMILES string of the molecule is CC(=O)OC[C@@]12[C@@H](OC(C)=O)CC[C@](C)(O)[C@]13OC(C)(C)[C@H]([C@H](OC(=O)c1ccccc1)[C@H]2OC(=O)c1cccnc1)[C@H]3OC(C)=O. The van der Waals surface area contributed by atoms with E-state index in [1.807, 2.05) is 0 Å². The van der Waals surface area contributed by atoms with Crippen LogP contribution in [0.5, 0.6) is 0 Å². The minimum atomic E-state index is -2.04. The van der Waals surface area contributed by atoms with Crippen LogP contribution in [0.2, 0.25) is 0 Å². The number of carbonyl (C=O) groups excluding carboxylic acids is 5. The molecule has 1 aromatic heterocycles. The molecule has 1 aromatic carbocycles. The molecule has 47 heavy (non-hydrogen) atoms. The minimum absolute atomic E-state index is 0.0167. The molecule has 0 radical (unpaired) electrons. The highest BCUT2D eigenvalue weighted by atomic mass is 16.6. The summed E-state index contributed by atoms with van der Waals surface area (Å²) in [5.74, 6) is -4.97. The van der Waals surface area contributed by atoms with Gasteiger partial charge in [0.25, 0.3) is 0 Å². The standard InChI is InChI=1S/C34H39NO12/c1-19(36)42-18-33-24(43-20(2)37)14-15-32(6,41)34(33)27(44-21(3)38)25(31(4,5)47-34)26(45-29(39)22-11-8-7-9-12-22)28(33)46-30(40)23-13-10-16-35-17-23/h7-13,16-17,24-28,41H,14-15,18H2,1-6H3/t24-,25+,26-,27+,28+,32-,33-,34-/m0/s1. The molecule has 13 nitrogen and oxygen atoms in total. The molecule has 2 aliphatic carbocycles. The number of nitrogens with zero attached hydrogens (tertiary/aromatic N) is 1. The number of carbonyl (C=O) groups is 5. The van der Waals surface area contributed by atoms with Crippen molar-refractivity contribution in [2.24, 2.45) is 11.3 Å². The number of ether oxygens (including phenoxy) is 6. The third-order valence-corrected chi connectivity index (χ3v) is 9.57. The number of fused-ring (bicyclic) bond motifs is 1. The first-order chi connectivity index (χ1) is 22.1. The Morgan fingerprint density at radius 1 is 0.830 bits per heavy atom. The summed E-state index contributed by atoms with van der Waals surface area (Å²) < 4.78 is 37.0. The summed E-state index contributed by atoms with van der Waals surface area (Å²) >= 11 is 0. The first-order valence-corrected chi connectivity index (χ1v) is 15.3. The summed E-state index contributed by atoms with van der Waals surface area (Å²) in [6, 6.07) is 11.1. The number of rotatable bonds is 8. The Labute approximate surface area is 271 Å². The Balaban J connectivity index is 1.84. The van der Waals surface area contributed by atoms with Gasteiger partial charge in [-0.1, -0.05) is 18.2 Å². The van der Waals surface area contributed by atoms with E-state index < -0.39 is 89.0 Å². The maximum atomic E-state index is 13.9. The van der Waals surface area contributed by atoms with E-state index in [0.29, 0.717) is 0 Å². The van der Waals surface area contributed by atoms with Crippen LogP contribution in [0.1, 0.15) is 75.1 Å². The van der Waals surface area contributed by atoms with Crippen LogP contribution in [0.3, 0.4) is 0 Å². The van der Waals surface area contributed by atoms with Crippen LogP contribution >= 0.6 is 0 Å². The fourth-order valence-electron chi connectivity index (χ4n) is 7.92. The van der Waals surface area contributed by atoms with Crippen molar-refractivity contribution < 1.29 is 57.5 Å². The van der Waals surface area contributed by atoms with E-state index in [1.54, 1.807) is 32.0 Å². The van der Waals surface area contributed by atoms with Crippen molar-refractivity contribution in [3.63, 3.8) is 0 Å². The summed E-state index contributed by atoms with van der Waals surface area (Å²) in [6.45, 7) is 7.67. The molecule has 0 amide bonds. The molecule has 2 heterocycles. The zero-order chi connectivity index (χ0) is 34.4. The largest absolute Gasteiger partial charge is 0.465 e. The van der Waals surface area contributed by atoms with E-state index in [2.05, 4.69) is 4.98 Å². The van der Waals surface area contributed by atoms with E-state index >= 15 is 0 Å². The maximum absolute atomic E-state index is 13.9. The highest BCUT2D eigenvalue weighted by molar-refractivity contribution is 5.90. The van der Waals surface area contributed by atoms with Crippen LogP contribution < -0.4 is 0 Å². The van der Waals surface area contributed by atoms with E-state index in [4.69, 9.17) is 28.4 Å². The lowest BCUT2D eigenvalue weighted by molar-refractivity contribution is -0.348. The average Bonchev–Trinajstić information content (AvgIpc) is 3.20. The van der Waals surface area contributed by atoms with Gasteiger partial charge in [-0.15, -0.1) is 0 Å². The molecule has 1 saturated heterocycles. The monoisotopic (exact) mass is 653 g/mol. The van der Waals surface area contributed by atoms with Crippen LogP contribution in [0.25, 0.3) is 0 Å². The van der Waals surface area contributed by atoms with Gasteiger partial charge in [-0.2, -0.15) is 0 Å². The summed E-state index contributed by atoms with van der Waals surface area (Å²) in [7, 11) is 0. The molecule has 2 aromatic rings. The van der Waals surface area contributed by atoms with Gasteiger partial charge >= 0.3 is 29.8 Å². The molecule has 252 valence electrons. The molecular weight excluding hydrogens is 614 g/mol. The van der Waals surface area contributed by atoms with Crippen LogP contribution in [0.15, 0.2) is 54.9 Å². The van der Waals surface area contributed by atoms with Gasteiger partial charge in [-0.05, 0) is 57.9 Å². The molecule has 8 atom stereocenters. The normalized spacial score (nSPS) is 33.5. The number of aromatic nitrogens is 1. The zero-order valence-electron chi connectivity index (χ0n) is 27.1. The Morgan fingerprint density at radius 3 is 2.06 bits per heavy atom. The highest BCUT2D eigenvalue weighted by Crippen LogP contribution is 2.69. The lowest BCUT2D eigenvalue weighted by Crippen LogP contribution is -2.83. The molecule has 1 N–H and O–H groups in total. The van der Waals surface area contributed by atoms with Gasteiger partial charge in [-0.25, -0.2) is 9.59 Å². The van der Waals surface area contributed by atoms with Crippen LogP contribution in [-0.2, 0) is 42.8 Å². The molecule has 3 aliphatic rings. The van der Waals surface area contributed by atoms with Crippen molar-refractivity contribution in [3.05, 3.63) is 66.0 Å². The van der Waals surface area contributed by atoms with Crippen molar-refractivity contribution in [2.75, 3.05) is 6.61 Å². The molecule has 3 fully saturated rings. The third kappa shape index (κ3) is 5.65. The quantitative estimate of drug-likeness (QED) is 0.326. The van der Waals surface area contributed by atoms with Crippen molar-refractivity contribution in [1.29, 1.82) is 0 Å². The summed E-state index contributed by atoms with van der Waals surface area (Å²) in [5, 5.41) is 12.4. The van der Waals surface area contributed by atoms with Crippen LogP contribution in [0, 0.1) is 11.3 Å². The lowest BCUT2D eigenvalue weighted by Gasteiger charge is -2.65. The van der Waals surface area contributed by atoms with E-state index in [9.17, 15) is 29.1 Å². The van der Waals surface area contributed by atoms with Gasteiger partial charge in [0.15, 0.2) is 11.7 Å². The second-order valence-corrected chi connectivity index (χ2v) is 13.0. The van der Waals surface area contributed by atoms with Crippen molar-refractivity contribution in [2.45, 2.75) is 95.6 Å². The number of aliphatic hydroxyl groups is 1. The molecule has 5 rings (SSSR count). The number of pyridine rings is 1. The highest BCUT2D eigenvalue weighted by Gasteiger charge is 2.87. The van der Waals surface area contributed by atoms with E-state index in [1.165, 1.54) is 57.4 Å². The molecule has 2 bridgehead atoms. The molecule has 13 heteroatoms. The molecule has 0 unspecified atom stereocenters. The molecule has 2 saturated carbocycles. The third-order valence-electron chi connectivity index (χ3n) is 9.57. The van der Waals surface area contributed by atoms with E-state index in [-0.39, 0.29) is 24.0 Å². The summed E-state index contributed by atoms with van der Waals surface area (Å²) in [5.41, 5.74) is -7.05. The Bertz CT molecular complexity index is 1540. The fourth-order valence-corrected chi connectivity index (χ4v) is 7.92. The van der Waals surface area contributed by atoms with Gasteiger partial charge < -0.3 is 33.5 Å². The Morgan fingerprint density at radius 2 is 1.47 bits per heavy atom. The minimum Gasteiger partial charge on any atom is -0.465 e. The zero-order valence-corrected chi connectivity index (χ0v) is 27.1. The first-order valence-electron chi connectivity index (χ1n) is 15.3. The first kappa shape index (κ1) is 34.0. The maximum Gasteiger partial charge on any atom is 0.340 e. The van der Waals surface area contributed by atoms with Crippen molar-refractivity contribution in [3.8, 4) is 0 Å². The van der Waals surface area contributed by atoms with Gasteiger partial charge in [-0.3, -0.25) is 19.4 Å². The van der Waals surface area contributed by atoms with Gasteiger partial charge in [0.1, 0.15) is 30.3 Å². The van der Waals surface area contributed by atoms with Gasteiger partial charge in [0, 0.05) is 33.2 Å². The second-order valence-electron chi connectivity index (χ2n) is 13.0. The van der Waals surface area contributed by atoms with Crippen molar-refractivity contribution in [1.82, 2.24) is 4.98 Å². The summed E-state index contributed by atoms with van der Waals surface area (Å²) in [4.78, 5) is 69.7. The molecule has 1 spiro atoms. The number of benzene rings is 1. The van der Waals surface area contributed by atoms with Gasteiger partial charge in [0.05, 0.1) is 28.2 Å². The predicted molar refractivity (Wildman–Crippen MR) is 161 cm³/mol. The fraction of sp³-hybridized carbons (Fsp3) is 0.529. The number of esters is 5. The van der Waals surface area contributed by atoms with Gasteiger partial charge in [0.2, 0.25) is 0 Å². The smallest absolute Gasteiger partial charge is 0.340 e. The Hall–Kier alpha value is -4.36. The average molecular weight is 654 g/mol. The lowest BCUT2D eigenvalue weighted by atomic mass is 9.46. The summed E-state index contributed by atoms with van der Waals surface area (Å²) in [6.07, 6.45) is -2.99. The predicted octanol–water partition coefficient (Wildman–Crippen LogP) is 2.97. The number of hydrogen-bond donors (Lipinski definition) is 1. The van der Waals surface area contributed by atoms with Crippen molar-refractivity contribution >= 4 is 29.8 Å². The topological polar surface area (TPSA) is 174 Å². The molecule has 1 aliphatic heterocycles.